The van der Waals surface area contributed by atoms with Gasteiger partial charge in [-0.25, -0.2) is 4.39 Å². The zero-order chi connectivity index (χ0) is 7.56. The maximum atomic E-state index is 12.2. The highest BCUT2D eigenvalue weighted by atomic mass is 35.5. The Morgan fingerprint density at radius 1 is 1.80 bits per heavy atom. The van der Waals surface area contributed by atoms with Crippen LogP contribution < -0.4 is 0 Å². The smallest absolute Gasteiger partial charge is 0.245 e. The molecule has 1 rings (SSSR count). The second-order valence-electron chi connectivity index (χ2n) is 1.76. The molecule has 1 aromatic rings. The predicted molar refractivity (Wildman–Crippen MR) is 35.7 cm³/mol. The van der Waals surface area contributed by atoms with Gasteiger partial charge in [-0.3, -0.25) is 9.36 Å². The molecule has 0 N–H and O–H groups in total. The van der Waals surface area contributed by atoms with E-state index in [1.807, 2.05) is 0 Å². The van der Waals surface area contributed by atoms with E-state index >= 15 is 0 Å². The largest absolute Gasteiger partial charge is 0.291 e. The first-order valence-electron chi connectivity index (χ1n) is 2.66. The lowest BCUT2D eigenvalue weighted by Gasteiger charge is -1.92. The molecule has 54 valence electrons. The van der Waals surface area contributed by atoms with E-state index in [1.165, 1.54) is 12.3 Å². The Kier molecular flexibility index (Phi) is 2.06. The maximum absolute atomic E-state index is 12.2. The number of rotatable bonds is 1. The molecule has 0 saturated heterocycles. The third-order valence-corrected chi connectivity index (χ3v) is 1.29. The van der Waals surface area contributed by atoms with Gasteiger partial charge in [0.05, 0.1) is 0 Å². The monoisotopic (exact) mass is 161 g/mol. The zero-order valence-corrected chi connectivity index (χ0v) is 5.81. The van der Waals surface area contributed by atoms with Crippen LogP contribution in [0, 0.1) is 5.82 Å². The van der Waals surface area contributed by atoms with Crippen molar-refractivity contribution in [2.75, 3.05) is 5.88 Å². The summed E-state index contributed by atoms with van der Waals surface area (Å²) in [6.07, 6.45) is 2.42. The number of carbonyl (C=O) groups is 1. The van der Waals surface area contributed by atoms with Gasteiger partial charge < -0.3 is 0 Å². The van der Waals surface area contributed by atoms with Crippen LogP contribution >= 0.6 is 11.6 Å². The topological polar surface area (TPSA) is 22.0 Å². The highest BCUT2D eigenvalue weighted by Gasteiger charge is 2.01. The molecule has 0 aliphatic carbocycles. The van der Waals surface area contributed by atoms with Crippen LogP contribution in [0.5, 0.6) is 0 Å². The van der Waals surface area contributed by atoms with Gasteiger partial charge in [-0.05, 0) is 6.07 Å². The Morgan fingerprint density at radius 3 is 2.90 bits per heavy atom. The van der Waals surface area contributed by atoms with Gasteiger partial charge in [0.2, 0.25) is 5.91 Å². The van der Waals surface area contributed by atoms with E-state index in [2.05, 4.69) is 0 Å². The summed E-state index contributed by atoms with van der Waals surface area (Å²) < 4.78 is 13.3. The molecule has 4 heteroatoms. The lowest BCUT2D eigenvalue weighted by atomic mass is 10.6. The maximum Gasteiger partial charge on any atom is 0.245 e. The van der Waals surface area contributed by atoms with Crippen molar-refractivity contribution in [3.05, 3.63) is 24.3 Å². The highest BCUT2D eigenvalue weighted by molar-refractivity contribution is 6.27. The number of hydrogen-bond acceptors (Lipinski definition) is 1. The molecule has 0 amide bonds. The minimum absolute atomic E-state index is 0.131. The average molecular weight is 162 g/mol. The van der Waals surface area contributed by atoms with Gasteiger partial charge in [0.25, 0.3) is 0 Å². The molecular formula is C6H5ClFNO. The van der Waals surface area contributed by atoms with E-state index in [1.54, 1.807) is 0 Å². The molecule has 0 radical (unpaired) electrons. The van der Waals surface area contributed by atoms with E-state index in [0.29, 0.717) is 0 Å². The second-order valence-corrected chi connectivity index (χ2v) is 2.03. The van der Waals surface area contributed by atoms with Crippen molar-refractivity contribution < 1.29 is 9.18 Å². The summed E-state index contributed by atoms with van der Waals surface area (Å²) in [7, 11) is 0. The summed E-state index contributed by atoms with van der Waals surface area (Å²) in [5.41, 5.74) is 0. The Bertz CT molecular complexity index is 246. The quantitative estimate of drug-likeness (QED) is 0.573. The number of hydrogen-bond donors (Lipinski definition) is 0. The van der Waals surface area contributed by atoms with Gasteiger partial charge in [-0.2, -0.15) is 0 Å². The number of alkyl halides is 1. The van der Waals surface area contributed by atoms with Crippen LogP contribution in [-0.4, -0.2) is 16.4 Å². The number of aromatic nitrogens is 1. The standard InChI is InChI=1S/C6H5ClFNO/c7-3-6(10)9-2-1-5(8)4-9/h1-2,4H,3H2. The van der Waals surface area contributed by atoms with Crippen LogP contribution in [0.25, 0.3) is 0 Å². The Labute approximate surface area is 62.2 Å². The molecule has 0 fully saturated rings. The first kappa shape index (κ1) is 7.28. The van der Waals surface area contributed by atoms with Crippen LogP contribution in [0.1, 0.15) is 4.79 Å². The molecule has 0 saturated carbocycles. The molecule has 1 aromatic heterocycles. The van der Waals surface area contributed by atoms with Crippen molar-refractivity contribution in [1.29, 1.82) is 0 Å². The van der Waals surface area contributed by atoms with Gasteiger partial charge in [-0.1, -0.05) is 0 Å². The van der Waals surface area contributed by atoms with Gasteiger partial charge in [0, 0.05) is 12.4 Å². The molecule has 0 aromatic carbocycles. The van der Waals surface area contributed by atoms with Crippen molar-refractivity contribution >= 4 is 17.5 Å². The molecule has 0 bridgehead atoms. The summed E-state index contributed by atoms with van der Waals surface area (Å²) in [5.74, 6) is -0.891. The molecule has 0 aliphatic rings. The summed E-state index contributed by atoms with van der Waals surface area (Å²) in [6, 6.07) is 1.20. The minimum atomic E-state index is -0.432. The summed E-state index contributed by atoms with van der Waals surface area (Å²) in [5, 5.41) is 0. The fraction of sp³-hybridized carbons (Fsp3) is 0.167. The first-order chi connectivity index (χ1) is 4.74. The van der Waals surface area contributed by atoms with Crippen molar-refractivity contribution in [2.24, 2.45) is 0 Å². The fourth-order valence-electron chi connectivity index (χ4n) is 0.595. The van der Waals surface area contributed by atoms with Crippen LogP contribution in [0.3, 0.4) is 0 Å². The van der Waals surface area contributed by atoms with Crippen LogP contribution in [0.2, 0.25) is 0 Å². The van der Waals surface area contributed by atoms with Crippen molar-refractivity contribution in [3.8, 4) is 0 Å². The van der Waals surface area contributed by atoms with Crippen LogP contribution in [-0.2, 0) is 0 Å². The van der Waals surface area contributed by atoms with Gasteiger partial charge in [0.1, 0.15) is 11.7 Å². The van der Waals surface area contributed by atoms with Crippen molar-refractivity contribution in [1.82, 2.24) is 4.57 Å². The van der Waals surface area contributed by atoms with E-state index < -0.39 is 5.82 Å². The summed E-state index contributed by atoms with van der Waals surface area (Å²) in [6.45, 7) is 0. The highest BCUT2D eigenvalue weighted by Crippen LogP contribution is 1.98. The molecular weight excluding hydrogens is 157 g/mol. The Morgan fingerprint density at radius 2 is 2.50 bits per heavy atom. The third kappa shape index (κ3) is 1.36. The number of nitrogens with zero attached hydrogens (tertiary/aromatic N) is 1. The van der Waals surface area contributed by atoms with Crippen molar-refractivity contribution in [2.45, 2.75) is 0 Å². The molecule has 0 aliphatic heterocycles. The van der Waals surface area contributed by atoms with Crippen LogP contribution in [0.15, 0.2) is 18.5 Å². The zero-order valence-electron chi connectivity index (χ0n) is 5.05. The molecule has 2 nitrogen and oxygen atoms in total. The SMILES string of the molecule is O=C(CCl)n1ccc(F)c1. The van der Waals surface area contributed by atoms with E-state index in [0.717, 1.165) is 10.8 Å². The lowest BCUT2D eigenvalue weighted by Crippen LogP contribution is -2.08. The number of carbonyl (C=O) groups excluding carboxylic acids is 1. The van der Waals surface area contributed by atoms with Gasteiger partial charge in [-0.15, -0.1) is 11.6 Å². The molecule has 0 atom stereocenters. The van der Waals surface area contributed by atoms with E-state index in [-0.39, 0.29) is 11.8 Å². The van der Waals surface area contributed by atoms with Crippen molar-refractivity contribution in [3.63, 3.8) is 0 Å². The summed E-state index contributed by atoms with van der Waals surface area (Å²) in [4.78, 5) is 10.7. The first-order valence-corrected chi connectivity index (χ1v) is 3.20. The fourth-order valence-corrected chi connectivity index (χ4v) is 0.733. The van der Waals surface area contributed by atoms with E-state index in [9.17, 15) is 9.18 Å². The van der Waals surface area contributed by atoms with Gasteiger partial charge in [0.15, 0.2) is 0 Å². The van der Waals surface area contributed by atoms with Gasteiger partial charge >= 0.3 is 0 Å². The second kappa shape index (κ2) is 2.84. The van der Waals surface area contributed by atoms with E-state index in [4.69, 9.17) is 11.6 Å². The molecule has 0 unspecified atom stereocenters. The Hall–Kier alpha value is -0.830. The minimum Gasteiger partial charge on any atom is -0.291 e. The third-order valence-electron chi connectivity index (χ3n) is 1.06. The number of halogens is 2. The average Bonchev–Trinajstić information content (AvgIpc) is 2.34. The summed E-state index contributed by atoms with van der Waals surface area (Å²) >= 11 is 5.20. The predicted octanol–water partition coefficient (Wildman–Crippen LogP) is 1.51. The molecule has 1 heterocycles. The lowest BCUT2D eigenvalue weighted by molar-refractivity contribution is 0.0940. The Balaban J connectivity index is 2.85. The molecule has 10 heavy (non-hydrogen) atoms. The molecule has 0 spiro atoms. The normalized spacial score (nSPS) is 9.80. The van der Waals surface area contributed by atoms with Crippen LogP contribution in [0.4, 0.5) is 4.39 Å².